The lowest BCUT2D eigenvalue weighted by molar-refractivity contribution is -0.140. The Morgan fingerprint density at radius 2 is 1.85 bits per heavy atom. The quantitative estimate of drug-likeness (QED) is 0.597. The van der Waals surface area contributed by atoms with E-state index in [0.29, 0.717) is 23.6 Å². The van der Waals surface area contributed by atoms with Gasteiger partial charge in [-0.25, -0.2) is 4.79 Å². The van der Waals surface area contributed by atoms with Crippen molar-refractivity contribution in [3.05, 3.63) is 40.9 Å². The number of rotatable bonds is 6. The molecule has 1 rings (SSSR count). The Labute approximate surface area is 123 Å². The predicted octanol–water partition coefficient (Wildman–Crippen LogP) is 3.24. The molecule has 0 heterocycles. The smallest absolute Gasteiger partial charge is 0.331 e. The number of methoxy groups -OCH3 is 1. The van der Waals surface area contributed by atoms with Crippen molar-refractivity contribution in [1.29, 1.82) is 0 Å². The van der Waals surface area contributed by atoms with Crippen LogP contribution >= 0.6 is 11.6 Å². The topological polar surface area (TPSA) is 52.6 Å². The molecule has 0 radical (unpaired) electrons. The maximum absolute atomic E-state index is 11.6. The highest BCUT2D eigenvalue weighted by Crippen LogP contribution is 2.22. The van der Waals surface area contributed by atoms with Gasteiger partial charge in [0.25, 0.3) is 0 Å². The molecule has 108 valence electrons. The first-order valence-electron chi connectivity index (χ1n) is 6.27. The summed E-state index contributed by atoms with van der Waals surface area (Å²) in [4.78, 5) is 22.8. The zero-order valence-electron chi connectivity index (χ0n) is 11.5. The molecule has 0 spiro atoms. The molecule has 0 bridgehead atoms. The Kier molecular flexibility index (Phi) is 6.81. The number of ether oxygens (including phenoxy) is 2. The van der Waals surface area contributed by atoms with Crippen LogP contribution < -0.4 is 0 Å². The molecule has 0 atom stereocenters. The summed E-state index contributed by atoms with van der Waals surface area (Å²) in [6.45, 7) is 2.04. The SMILES string of the molecule is CCOC(=O)/C=C(/CCC(=O)OC)c1ccc(Cl)cc1. The zero-order valence-corrected chi connectivity index (χ0v) is 12.3. The molecule has 1 aromatic rings. The van der Waals surface area contributed by atoms with E-state index in [4.69, 9.17) is 16.3 Å². The average molecular weight is 297 g/mol. The van der Waals surface area contributed by atoms with Gasteiger partial charge in [-0.3, -0.25) is 4.79 Å². The lowest BCUT2D eigenvalue weighted by Crippen LogP contribution is -2.04. The number of allylic oxidation sites excluding steroid dienone is 1. The van der Waals surface area contributed by atoms with Crippen molar-refractivity contribution in [3.8, 4) is 0 Å². The van der Waals surface area contributed by atoms with Crippen LogP contribution in [0.2, 0.25) is 5.02 Å². The highest BCUT2D eigenvalue weighted by Gasteiger charge is 2.09. The van der Waals surface area contributed by atoms with Gasteiger partial charge in [0.15, 0.2) is 0 Å². The van der Waals surface area contributed by atoms with Crippen LogP contribution in [0.1, 0.15) is 25.3 Å². The second kappa shape index (κ2) is 8.38. The van der Waals surface area contributed by atoms with Crippen molar-refractivity contribution in [2.24, 2.45) is 0 Å². The third-order valence-electron chi connectivity index (χ3n) is 2.62. The molecule has 5 heteroatoms. The summed E-state index contributed by atoms with van der Waals surface area (Å²) in [5, 5.41) is 0.609. The fraction of sp³-hybridized carbons (Fsp3) is 0.333. The number of hydrogen-bond acceptors (Lipinski definition) is 4. The summed E-state index contributed by atoms with van der Waals surface area (Å²) < 4.78 is 9.50. The molecule has 0 aliphatic heterocycles. The van der Waals surface area contributed by atoms with E-state index in [1.165, 1.54) is 13.2 Å². The molecule has 0 amide bonds. The lowest BCUT2D eigenvalue weighted by atomic mass is 10.0. The highest BCUT2D eigenvalue weighted by atomic mass is 35.5. The van der Waals surface area contributed by atoms with Crippen LogP contribution in [-0.4, -0.2) is 25.7 Å². The first kappa shape index (κ1) is 16.2. The molecule has 0 N–H and O–H groups in total. The van der Waals surface area contributed by atoms with Crippen molar-refractivity contribution in [2.45, 2.75) is 19.8 Å². The number of hydrogen-bond donors (Lipinski definition) is 0. The van der Waals surface area contributed by atoms with Gasteiger partial charge in [-0.15, -0.1) is 0 Å². The van der Waals surface area contributed by atoms with Gasteiger partial charge in [0.1, 0.15) is 0 Å². The van der Waals surface area contributed by atoms with E-state index in [9.17, 15) is 9.59 Å². The van der Waals surface area contributed by atoms with Gasteiger partial charge in [0.05, 0.1) is 13.7 Å². The van der Waals surface area contributed by atoms with Crippen molar-refractivity contribution in [1.82, 2.24) is 0 Å². The molecule has 0 aromatic heterocycles. The normalized spacial score (nSPS) is 11.1. The lowest BCUT2D eigenvalue weighted by Gasteiger charge is -2.08. The van der Waals surface area contributed by atoms with Crippen LogP contribution in [0, 0.1) is 0 Å². The fourth-order valence-electron chi connectivity index (χ4n) is 1.63. The fourth-order valence-corrected chi connectivity index (χ4v) is 1.75. The van der Waals surface area contributed by atoms with E-state index in [1.54, 1.807) is 31.2 Å². The van der Waals surface area contributed by atoms with Gasteiger partial charge >= 0.3 is 11.9 Å². The monoisotopic (exact) mass is 296 g/mol. The molecule has 0 fully saturated rings. The van der Waals surface area contributed by atoms with Gasteiger partial charge in [-0.05, 0) is 36.6 Å². The largest absolute Gasteiger partial charge is 0.469 e. The Hall–Kier alpha value is -1.81. The van der Waals surface area contributed by atoms with Crippen LogP contribution in [0.25, 0.3) is 5.57 Å². The number of esters is 2. The first-order valence-corrected chi connectivity index (χ1v) is 6.64. The van der Waals surface area contributed by atoms with E-state index >= 15 is 0 Å². The molecule has 0 aliphatic rings. The predicted molar refractivity (Wildman–Crippen MR) is 77.3 cm³/mol. The Morgan fingerprint density at radius 1 is 1.20 bits per heavy atom. The van der Waals surface area contributed by atoms with E-state index < -0.39 is 5.97 Å². The van der Waals surface area contributed by atoms with Gasteiger partial charge in [-0.1, -0.05) is 23.7 Å². The molecule has 0 saturated carbocycles. The van der Waals surface area contributed by atoms with Gasteiger partial charge in [0.2, 0.25) is 0 Å². The molecular weight excluding hydrogens is 280 g/mol. The summed E-state index contributed by atoms with van der Waals surface area (Å²) in [7, 11) is 1.33. The summed E-state index contributed by atoms with van der Waals surface area (Å²) in [6.07, 6.45) is 1.99. The average Bonchev–Trinajstić information content (AvgIpc) is 2.44. The Morgan fingerprint density at radius 3 is 2.40 bits per heavy atom. The highest BCUT2D eigenvalue weighted by molar-refractivity contribution is 6.30. The Bertz CT molecular complexity index is 491. The van der Waals surface area contributed by atoms with Crippen LogP contribution in [0.3, 0.4) is 0 Å². The van der Waals surface area contributed by atoms with Gasteiger partial charge < -0.3 is 9.47 Å². The third kappa shape index (κ3) is 5.45. The van der Waals surface area contributed by atoms with Crippen LogP contribution in [0.15, 0.2) is 30.3 Å². The molecule has 20 heavy (non-hydrogen) atoms. The summed E-state index contributed by atoms with van der Waals surface area (Å²) in [5.41, 5.74) is 1.54. The van der Waals surface area contributed by atoms with Crippen LogP contribution in [-0.2, 0) is 19.1 Å². The number of halogens is 1. The van der Waals surface area contributed by atoms with E-state index in [2.05, 4.69) is 4.74 Å². The molecule has 1 aromatic carbocycles. The van der Waals surface area contributed by atoms with Crippen LogP contribution in [0.4, 0.5) is 0 Å². The third-order valence-corrected chi connectivity index (χ3v) is 2.87. The maximum atomic E-state index is 11.6. The summed E-state index contributed by atoms with van der Waals surface area (Å²) in [6, 6.07) is 7.05. The van der Waals surface area contributed by atoms with Gasteiger partial charge in [-0.2, -0.15) is 0 Å². The first-order chi connectivity index (χ1) is 9.56. The number of carbonyl (C=O) groups is 2. The van der Waals surface area contributed by atoms with E-state index in [1.807, 2.05) is 0 Å². The van der Waals surface area contributed by atoms with Crippen LogP contribution in [0.5, 0.6) is 0 Å². The molecule has 0 saturated heterocycles. The maximum Gasteiger partial charge on any atom is 0.331 e. The minimum absolute atomic E-state index is 0.199. The zero-order chi connectivity index (χ0) is 15.0. The minimum Gasteiger partial charge on any atom is -0.469 e. The molecule has 4 nitrogen and oxygen atoms in total. The van der Waals surface area contributed by atoms with Gasteiger partial charge in [0, 0.05) is 17.5 Å². The second-order valence-electron chi connectivity index (χ2n) is 4.00. The van der Waals surface area contributed by atoms with Crippen molar-refractivity contribution < 1.29 is 19.1 Å². The molecule has 0 aliphatic carbocycles. The van der Waals surface area contributed by atoms with E-state index in [-0.39, 0.29) is 12.4 Å². The summed E-state index contributed by atoms with van der Waals surface area (Å²) in [5.74, 6) is -0.754. The number of carbonyl (C=O) groups excluding carboxylic acids is 2. The Balaban J connectivity index is 2.91. The molecular formula is C15H17ClO4. The standard InChI is InChI=1S/C15H17ClO4/c1-3-20-15(18)10-12(6-9-14(17)19-2)11-4-7-13(16)8-5-11/h4-5,7-8,10H,3,6,9H2,1-2H3/b12-10-. The van der Waals surface area contributed by atoms with Crippen molar-refractivity contribution >= 4 is 29.1 Å². The molecule has 0 unspecified atom stereocenters. The summed E-state index contributed by atoms with van der Waals surface area (Å²) >= 11 is 5.84. The minimum atomic E-state index is -0.428. The second-order valence-corrected chi connectivity index (χ2v) is 4.44. The van der Waals surface area contributed by atoms with Crippen molar-refractivity contribution in [2.75, 3.05) is 13.7 Å². The van der Waals surface area contributed by atoms with Crippen molar-refractivity contribution in [3.63, 3.8) is 0 Å². The number of benzene rings is 1. The van der Waals surface area contributed by atoms with E-state index in [0.717, 1.165) is 5.56 Å².